The van der Waals surface area contributed by atoms with Crippen molar-refractivity contribution in [2.45, 2.75) is 12.5 Å². The maximum atomic E-state index is 12.3. The zero-order chi connectivity index (χ0) is 15.4. The number of fused-ring (bicyclic) bond motifs is 1. The molecule has 0 unspecified atom stereocenters. The van der Waals surface area contributed by atoms with Crippen molar-refractivity contribution in [3.63, 3.8) is 0 Å². The second-order valence-corrected chi connectivity index (χ2v) is 5.44. The van der Waals surface area contributed by atoms with Crippen LogP contribution < -0.4 is 11.1 Å². The van der Waals surface area contributed by atoms with Crippen LogP contribution in [-0.2, 0) is 11.2 Å². The van der Waals surface area contributed by atoms with Gasteiger partial charge >= 0.3 is 0 Å². The molecular weight excluding hydrogens is 272 g/mol. The first-order valence-electron chi connectivity index (χ1n) is 7.39. The maximum absolute atomic E-state index is 12.3. The van der Waals surface area contributed by atoms with E-state index >= 15 is 0 Å². The second kappa shape index (κ2) is 6.41. The van der Waals surface area contributed by atoms with Gasteiger partial charge in [-0.25, -0.2) is 0 Å². The van der Waals surface area contributed by atoms with Gasteiger partial charge in [0.2, 0.25) is 0 Å². The van der Waals surface area contributed by atoms with E-state index in [9.17, 15) is 4.79 Å². The summed E-state index contributed by atoms with van der Waals surface area (Å²) >= 11 is 0. The predicted octanol–water partition coefficient (Wildman–Crippen LogP) is 2.63. The van der Waals surface area contributed by atoms with E-state index in [0.29, 0.717) is 6.42 Å². The minimum Gasteiger partial charge on any atom is -0.347 e. The molecule has 22 heavy (non-hydrogen) atoms. The Hall–Kier alpha value is -2.65. The zero-order valence-corrected chi connectivity index (χ0v) is 12.3. The minimum atomic E-state index is -0.311. The van der Waals surface area contributed by atoms with E-state index in [0.717, 1.165) is 22.0 Å². The lowest BCUT2D eigenvalue weighted by atomic mass is 10.1. The lowest BCUT2D eigenvalue weighted by Gasteiger charge is -2.10. The highest BCUT2D eigenvalue weighted by molar-refractivity contribution is 5.96. The van der Waals surface area contributed by atoms with Crippen molar-refractivity contribution in [1.29, 1.82) is 0 Å². The molecule has 0 fully saturated rings. The third-order valence-electron chi connectivity index (χ3n) is 3.71. The summed E-state index contributed by atoms with van der Waals surface area (Å²) in [5.74, 6) is -0.0564. The Labute approximate surface area is 129 Å². The van der Waals surface area contributed by atoms with Crippen LogP contribution in [0.4, 0.5) is 5.69 Å². The average molecular weight is 291 g/mol. The van der Waals surface area contributed by atoms with Gasteiger partial charge < -0.3 is 11.1 Å². The molecule has 4 N–H and O–H groups in total. The first-order valence-corrected chi connectivity index (χ1v) is 7.39. The molecule has 0 spiro atoms. The van der Waals surface area contributed by atoms with E-state index in [1.165, 1.54) is 0 Å². The number of anilines is 1. The molecular formula is C19H19N2O+. The topological polar surface area (TPSA) is 56.7 Å². The molecule has 1 amide bonds. The smallest absolute Gasteiger partial charge is 0.282 e. The Morgan fingerprint density at radius 1 is 0.909 bits per heavy atom. The molecule has 0 aliphatic carbocycles. The summed E-state index contributed by atoms with van der Waals surface area (Å²) in [6, 6.07) is 23.7. The average Bonchev–Trinajstić information content (AvgIpc) is 2.55. The fourth-order valence-corrected chi connectivity index (χ4v) is 2.50. The van der Waals surface area contributed by atoms with Crippen molar-refractivity contribution in [3.05, 3.63) is 78.4 Å². The second-order valence-electron chi connectivity index (χ2n) is 5.44. The van der Waals surface area contributed by atoms with Gasteiger partial charge in [-0.05, 0) is 28.5 Å². The fourth-order valence-electron chi connectivity index (χ4n) is 2.50. The lowest BCUT2D eigenvalue weighted by molar-refractivity contribution is -0.402. The van der Waals surface area contributed by atoms with Crippen LogP contribution in [0.2, 0.25) is 0 Å². The van der Waals surface area contributed by atoms with E-state index in [4.69, 9.17) is 0 Å². The number of quaternary nitrogens is 1. The molecule has 110 valence electrons. The first kappa shape index (κ1) is 14.3. The van der Waals surface area contributed by atoms with Crippen molar-refractivity contribution in [2.75, 3.05) is 5.32 Å². The maximum Gasteiger partial charge on any atom is 0.282 e. The van der Waals surface area contributed by atoms with Crippen LogP contribution in [0.1, 0.15) is 5.56 Å². The number of rotatable bonds is 4. The molecule has 3 aromatic carbocycles. The lowest BCUT2D eigenvalue weighted by Crippen LogP contribution is -2.67. The van der Waals surface area contributed by atoms with Crippen LogP contribution in [0, 0.1) is 0 Å². The summed E-state index contributed by atoms with van der Waals surface area (Å²) in [4.78, 5) is 12.3. The Bertz CT molecular complexity index is 784. The summed E-state index contributed by atoms with van der Waals surface area (Å²) in [7, 11) is 0. The molecule has 3 nitrogen and oxygen atoms in total. The number of hydrogen-bond donors (Lipinski definition) is 2. The Morgan fingerprint density at radius 3 is 2.36 bits per heavy atom. The molecule has 0 bridgehead atoms. The molecule has 0 aromatic heterocycles. The molecule has 1 atom stereocenters. The van der Waals surface area contributed by atoms with Crippen LogP contribution in [0.15, 0.2) is 72.8 Å². The van der Waals surface area contributed by atoms with Gasteiger partial charge in [-0.2, -0.15) is 0 Å². The van der Waals surface area contributed by atoms with Gasteiger partial charge in [-0.15, -0.1) is 0 Å². The summed E-state index contributed by atoms with van der Waals surface area (Å²) in [5.41, 5.74) is 5.91. The van der Waals surface area contributed by atoms with E-state index in [1.807, 2.05) is 66.7 Å². The summed E-state index contributed by atoms with van der Waals surface area (Å²) in [6.07, 6.45) is 0.639. The van der Waals surface area contributed by atoms with Crippen LogP contribution >= 0.6 is 0 Å². The number of nitrogens with one attached hydrogen (secondary N) is 1. The predicted molar refractivity (Wildman–Crippen MR) is 89.4 cm³/mol. The highest BCUT2D eigenvalue weighted by Gasteiger charge is 2.17. The van der Waals surface area contributed by atoms with Gasteiger partial charge in [0.15, 0.2) is 6.04 Å². The molecule has 3 aromatic rings. The number of hydrogen-bond acceptors (Lipinski definition) is 1. The van der Waals surface area contributed by atoms with Crippen molar-refractivity contribution in [3.8, 4) is 0 Å². The number of amides is 1. The minimum absolute atomic E-state index is 0.0564. The third kappa shape index (κ3) is 3.32. The third-order valence-corrected chi connectivity index (χ3v) is 3.71. The van der Waals surface area contributed by atoms with Gasteiger partial charge in [-0.3, -0.25) is 4.79 Å². The quantitative estimate of drug-likeness (QED) is 0.763. The molecule has 3 rings (SSSR count). The van der Waals surface area contributed by atoms with Gasteiger partial charge in [0.25, 0.3) is 5.91 Å². The van der Waals surface area contributed by atoms with Crippen LogP contribution in [-0.4, -0.2) is 11.9 Å². The van der Waals surface area contributed by atoms with Crippen LogP contribution in [0.3, 0.4) is 0 Å². The molecule has 0 saturated carbocycles. The van der Waals surface area contributed by atoms with Crippen molar-refractivity contribution in [2.24, 2.45) is 0 Å². The van der Waals surface area contributed by atoms with Gasteiger partial charge in [-0.1, -0.05) is 60.7 Å². The van der Waals surface area contributed by atoms with E-state index in [1.54, 1.807) is 0 Å². The van der Waals surface area contributed by atoms with Crippen molar-refractivity contribution >= 4 is 22.4 Å². The molecule has 0 radical (unpaired) electrons. The monoisotopic (exact) mass is 291 g/mol. The SMILES string of the molecule is [NH3+][C@@H](Cc1ccccc1)C(=O)Nc1ccc2ccccc2c1. The summed E-state index contributed by atoms with van der Waals surface area (Å²) in [5, 5.41) is 5.23. The van der Waals surface area contributed by atoms with E-state index in [-0.39, 0.29) is 11.9 Å². The Morgan fingerprint density at radius 2 is 1.59 bits per heavy atom. The van der Waals surface area contributed by atoms with E-state index < -0.39 is 0 Å². The molecule has 3 heteroatoms. The largest absolute Gasteiger partial charge is 0.347 e. The number of carbonyl (C=O) groups excluding carboxylic acids is 1. The number of benzene rings is 3. The Kier molecular flexibility index (Phi) is 4.17. The summed E-state index contributed by atoms with van der Waals surface area (Å²) in [6.45, 7) is 0. The molecule has 0 aliphatic rings. The highest BCUT2D eigenvalue weighted by Crippen LogP contribution is 2.19. The molecule has 0 aliphatic heterocycles. The van der Waals surface area contributed by atoms with Crippen LogP contribution in [0.25, 0.3) is 10.8 Å². The van der Waals surface area contributed by atoms with Crippen molar-refractivity contribution < 1.29 is 10.5 Å². The normalized spacial score (nSPS) is 12.0. The highest BCUT2D eigenvalue weighted by atomic mass is 16.2. The Balaban J connectivity index is 1.69. The number of carbonyl (C=O) groups is 1. The van der Waals surface area contributed by atoms with Crippen molar-refractivity contribution in [1.82, 2.24) is 0 Å². The van der Waals surface area contributed by atoms with Gasteiger partial charge in [0, 0.05) is 12.1 Å². The standard InChI is InChI=1S/C19H18N2O/c20-18(12-14-6-2-1-3-7-14)19(22)21-17-11-10-15-8-4-5-9-16(15)13-17/h1-11,13,18H,12,20H2,(H,21,22)/p+1/t18-/m0/s1. The van der Waals surface area contributed by atoms with Crippen LogP contribution in [0.5, 0.6) is 0 Å². The zero-order valence-electron chi connectivity index (χ0n) is 12.3. The molecule has 0 heterocycles. The fraction of sp³-hybridized carbons (Fsp3) is 0.105. The van der Waals surface area contributed by atoms with Gasteiger partial charge in [0.1, 0.15) is 0 Å². The first-order chi connectivity index (χ1) is 10.7. The van der Waals surface area contributed by atoms with E-state index in [2.05, 4.69) is 17.1 Å². The molecule has 0 saturated heterocycles. The summed E-state index contributed by atoms with van der Waals surface area (Å²) < 4.78 is 0. The van der Waals surface area contributed by atoms with Gasteiger partial charge in [0.05, 0.1) is 0 Å².